The lowest BCUT2D eigenvalue weighted by Crippen LogP contribution is -2.47. The van der Waals surface area contributed by atoms with Gasteiger partial charge in [-0.25, -0.2) is 0 Å². The van der Waals surface area contributed by atoms with Crippen LogP contribution >= 0.6 is 11.3 Å². The topological polar surface area (TPSA) is 50.4 Å². The van der Waals surface area contributed by atoms with E-state index in [-0.39, 0.29) is 17.7 Å². The first-order valence-corrected chi connectivity index (χ1v) is 5.98. The number of halogens is 3. The fourth-order valence-electron chi connectivity index (χ4n) is 1.50. The molecule has 1 aliphatic carbocycles. The van der Waals surface area contributed by atoms with Crippen LogP contribution in [0.3, 0.4) is 0 Å². The number of carbonyl (C=O) groups is 1. The van der Waals surface area contributed by atoms with Crippen LogP contribution in [0, 0.1) is 0 Å². The third-order valence-corrected chi connectivity index (χ3v) is 3.66. The molecule has 1 amide bonds. The second kappa shape index (κ2) is 4.43. The van der Waals surface area contributed by atoms with E-state index in [4.69, 9.17) is 0 Å². The average Bonchev–Trinajstić information content (AvgIpc) is 2.90. The molecule has 0 aliphatic heterocycles. The van der Waals surface area contributed by atoms with Gasteiger partial charge in [0.15, 0.2) is 0 Å². The lowest BCUT2D eigenvalue weighted by Gasteiger charge is -2.20. The highest BCUT2D eigenvalue weighted by Gasteiger charge is 2.64. The Morgan fingerprint density at radius 3 is 2.61 bits per heavy atom. The molecule has 2 rings (SSSR count). The smallest absolute Gasteiger partial charge is 0.337 e. The predicted molar refractivity (Wildman–Crippen MR) is 60.4 cm³/mol. The van der Waals surface area contributed by atoms with E-state index in [1.807, 2.05) is 0 Å². The fourth-order valence-corrected chi connectivity index (χ4v) is 2.28. The van der Waals surface area contributed by atoms with Crippen molar-refractivity contribution in [1.82, 2.24) is 5.32 Å². The first kappa shape index (κ1) is 13.2. The molecule has 0 radical (unpaired) electrons. The Labute approximate surface area is 105 Å². The summed E-state index contributed by atoms with van der Waals surface area (Å²) in [6, 6.07) is 3.02. The van der Waals surface area contributed by atoms with E-state index in [9.17, 15) is 18.0 Å². The van der Waals surface area contributed by atoms with Crippen molar-refractivity contribution < 1.29 is 22.8 Å². The highest BCUT2D eigenvalue weighted by atomic mass is 32.1. The molecule has 0 unspecified atom stereocenters. The maximum absolute atomic E-state index is 12.7. The zero-order chi connectivity index (χ0) is 13.4. The number of anilines is 1. The lowest BCUT2D eigenvalue weighted by molar-refractivity contribution is -0.163. The molecular weight excluding hydrogens is 269 g/mol. The van der Waals surface area contributed by atoms with Crippen molar-refractivity contribution in [2.75, 3.05) is 12.6 Å². The van der Waals surface area contributed by atoms with Crippen molar-refractivity contribution >= 4 is 22.2 Å². The quantitative estimate of drug-likeness (QED) is 0.833. The molecule has 8 heteroatoms. The standard InChI is InChI=1S/C10H11F3N2O2S/c1-17-15-7-3-2-6(18-7)8(16)14-9(4-5-9)10(11,12)13/h2-3,15H,4-5H2,1H3,(H,14,16). The molecule has 2 N–H and O–H groups in total. The zero-order valence-electron chi connectivity index (χ0n) is 9.43. The van der Waals surface area contributed by atoms with Gasteiger partial charge in [-0.2, -0.15) is 13.2 Å². The summed E-state index contributed by atoms with van der Waals surface area (Å²) < 4.78 is 38.0. The second-order valence-electron chi connectivity index (χ2n) is 4.00. The normalized spacial score (nSPS) is 17.3. The predicted octanol–water partition coefficient (Wildman–Crippen LogP) is 2.55. The number of hydrogen-bond donors (Lipinski definition) is 2. The summed E-state index contributed by atoms with van der Waals surface area (Å²) in [5, 5.41) is 2.61. The van der Waals surface area contributed by atoms with Gasteiger partial charge < -0.3 is 5.32 Å². The van der Waals surface area contributed by atoms with E-state index >= 15 is 0 Å². The van der Waals surface area contributed by atoms with E-state index in [2.05, 4.69) is 15.6 Å². The number of hydrogen-bond acceptors (Lipinski definition) is 4. The van der Waals surface area contributed by atoms with Crippen molar-refractivity contribution in [3.8, 4) is 0 Å². The van der Waals surface area contributed by atoms with Gasteiger partial charge in [0.1, 0.15) is 10.5 Å². The summed E-state index contributed by atoms with van der Waals surface area (Å²) in [7, 11) is 1.41. The number of rotatable bonds is 4. The van der Waals surface area contributed by atoms with Gasteiger partial charge in [-0.3, -0.25) is 15.1 Å². The number of amides is 1. The molecule has 1 aliphatic rings. The van der Waals surface area contributed by atoms with Crippen LogP contribution in [0.25, 0.3) is 0 Å². The van der Waals surface area contributed by atoms with Crippen molar-refractivity contribution in [2.45, 2.75) is 24.6 Å². The maximum Gasteiger partial charge on any atom is 0.411 e. The Hall–Kier alpha value is -1.28. The molecule has 18 heavy (non-hydrogen) atoms. The lowest BCUT2D eigenvalue weighted by atomic mass is 10.2. The van der Waals surface area contributed by atoms with Crippen LogP contribution < -0.4 is 10.8 Å². The number of carbonyl (C=O) groups excluding carboxylic acids is 1. The van der Waals surface area contributed by atoms with Crippen LogP contribution in [0.15, 0.2) is 12.1 Å². The van der Waals surface area contributed by atoms with Gasteiger partial charge in [0.25, 0.3) is 5.91 Å². The van der Waals surface area contributed by atoms with Crippen LogP contribution in [0.4, 0.5) is 18.2 Å². The third-order valence-electron chi connectivity index (χ3n) is 2.68. The van der Waals surface area contributed by atoms with Gasteiger partial charge in [0.05, 0.1) is 12.0 Å². The minimum absolute atomic E-state index is 0.0587. The average molecular weight is 280 g/mol. The fraction of sp³-hybridized carbons (Fsp3) is 0.500. The van der Waals surface area contributed by atoms with Gasteiger partial charge in [0.2, 0.25) is 0 Å². The molecule has 1 saturated carbocycles. The van der Waals surface area contributed by atoms with Gasteiger partial charge in [0, 0.05) is 0 Å². The number of thiophene rings is 1. The summed E-state index contributed by atoms with van der Waals surface area (Å²) >= 11 is 1.03. The molecule has 0 spiro atoms. The molecule has 1 heterocycles. The second-order valence-corrected chi connectivity index (χ2v) is 5.09. The van der Waals surface area contributed by atoms with Crippen molar-refractivity contribution in [1.29, 1.82) is 0 Å². The van der Waals surface area contributed by atoms with Gasteiger partial charge in [-0.15, -0.1) is 11.3 Å². The first-order valence-electron chi connectivity index (χ1n) is 5.16. The van der Waals surface area contributed by atoms with Crippen molar-refractivity contribution in [3.63, 3.8) is 0 Å². The molecule has 1 aromatic rings. The number of alkyl halides is 3. The van der Waals surface area contributed by atoms with Crippen LogP contribution in [0.5, 0.6) is 0 Å². The Bertz CT molecular complexity index is 454. The molecule has 0 bridgehead atoms. The third kappa shape index (κ3) is 2.44. The van der Waals surface area contributed by atoms with Gasteiger partial charge in [-0.05, 0) is 25.0 Å². The van der Waals surface area contributed by atoms with E-state index in [0.29, 0.717) is 5.00 Å². The van der Waals surface area contributed by atoms with Crippen molar-refractivity contribution in [2.24, 2.45) is 0 Å². The largest absolute Gasteiger partial charge is 0.411 e. The summed E-state index contributed by atoms with van der Waals surface area (Å²) in [6.07, 6.45) is -4.51. The maximum atomic E-state index is 12.7. The summed E-state index contributed by atoms with van der Waals surface area (Å²) in [5.41, 5.74) is 0.483. The van der Waals surface area contributed by atoms with Crippen LogP contribution in [0.2, 0.25) is 0 Å². The van der Waals surface area contributed by atoms with E-state index in [1.165, 1.54) is 13.2 Å². The molecule has 0 saturated heterocycles. The number of nitrogens with one attached hydrogen (secondary N) is 2. The van der Waals surface area contributed by atoms with Crippen LogP contribution in [-0.2, 0) is 4.84 Å². The Kier molecular flexibility index (Phi) is 3.24. The minimum atomic E-state index is -4.40. The van der Waals surface area contributed by atoms with Gasteiger partial charge >= 0.3 is 6.18 Å². The van der Waals surface area contributed by atoms with E-state index < -0.39 is 17.6 Å². The Balaban J connectivity index is 2.04. The Morgan fingerprint density at radius 2 is 2.11 bits per heavy atom. The molecule has 4 nitrogen and oxygen atoms in total. The molecule has 0 atom stereocenters. The van der Waals surface area contributed by atoms with Crippen LogP contribution in [0.1, 0.15) is 22.5 Å². The summed E-state index contributed by atoms with van der Waals surface area (Å²) in [6.45, 7) is 0. The van der Waals surface area contributed by atoms with Crippen LogP contribution in [-0.4, -0.2) is 24.7 Å². The first-order chi connectivity index (χ1) is 8.38. The Morgan fingerprint density at radius 1 is 1.44 bits per heavy atom. The molecule has 0 aromatic carbocycles. The summed E-state index contributed by atoms with van der Waals surface area (Å²) in [4.78, 5) is 16.5. The summed E-state index contributed by atoms with van der Waals surface area (Å²) in [5.74, 6) is -0.709. The molecule has 1 fully saturated rings. The van der Waals surface area contributed by atoms with Gasteiger partial charge in [-0.1, -0.05) is 0 Å². The monoisotopic (exact) mass is 280 g/mol. The van der Waals surface area contributed by atoms with E-state index in [1.54, 1.807) is 6.07 Å². The van der Waals surface area contributed by atoms with E-state index in [0.717, 1.165) is 11.3 Å². The SMILES string of the molecule is CONc1ccc(C(=O)NC2(C(F)(F)F)CC2)s1. The minimum Gasteiger partial charge on any atom is -0.337 e. The zero-order valence-corrected chi connectivity index (χ0v) is 10.2. The highest BCUT2D eigenvalue weighted by Crippen LogP contribution is 2.49. The highest BCUT2D eigenvalue weighted by molar-refractivity contribution is 7.17. The van der Waals surface area contributed by atoms with Crippen molar-refractivity contribution in [3.05, 3.63) is 17.0 Å². The molecule has 1 aromatic heterocycles. The molecule has 100 valence electrons. The molecular formula is C10H11F3N2O2S.